The molecule has 1 saturated carbocycles. The molecular weight excluding hydrogens is 206 g/mol. The van der Waals surface area contributed by atoms with Crippen LogP contribution in [0.1, 0.15) is 30.6 Å². The van der Waals surface area contributed by atoms with Crippen molar-refractivity contribution in [3.05, 3.63) is 22.4 Å². The van der Waals surface area contributed by atoms with Gasteiger partial charge in [0.15, 0.2) is 0 Å². The number of rotatable bonds is 3. The molecule has 1 heterocycles. The Morgan fingerprint density at radius 3 is 2.73 bits per heavy atom. The number of ketones is 1. The smallest absolute Gasteiger partial charge is 0.141 e. The third-order valence-corrected chi connectivity index (χ3v) is 4.03. The summed E-state index contributed by atoms with van der Waals surface area (Å²) in [5.41, 5.74) is 5.82. The number of thiophene rings is 1. The third kappa shape index (κ3) is 2.89. The van der Waals surface area contributed by atoms with Crippen LogP contribution in [0.5, 0.6) is 0 Å². The standard InChI is InChI=1S/C12H17NOS/c13-10-5-3-9(4-6-10)12(14)8-11-2-1-7-15-11/h1-2,7,9-10H,3-6,8,13H2. The minimum atomic E-state index is 0.270. The molecule has 0 aromatic carbocycles. The Balaban J connectivity index is 1.86. The van der Waals surface area contributed by atoms with Crippen molar-refractivity contribution in [3.63, 3.8) is 0 Å². The van der Waals surface area contributed by atoms with Gasteiger partial charge in [-0.3, -0.25) is 4.79 Å². The van der Waals surface area contributed by atoms with Crippen LogP contribution in [0.25, 0.3) is 0 Å². The molecule has 0 amide bonds. The third-order valence-electron chi connectivity index (χ3n) is 3.16. The van der Waals surface area contributed by atoms with Gasteiger partial charge in [-0.25, -0.2) is 0 Å². The number of hydrogen-bond acceptors (Lipinski definition) is 3. The van der Waals surface area contributed by atoms with E-state index in [9.17, 15) is 4.79 Å². The first-order chi connectivity index (χ1) is 7.25. The molecule has 0 unspecified atom stereocenters. The van der Waals surface area contributed by atoms with Gasteiger partial charge in [0, 0.05) is 23.3 Å². The molecule has 1 aliphatic carbocycles. The molecule has 0 aliphatic heterocycles. The van der Waals surface area contributed by atoms with Crippen molar-refractivity contribution in [2.24, 2.45) is 11.7 Å². The van der Waals surface area contributed by atoms with Gasteiger partial charge in [-0.2, -0.15) is 0 Å². The van der Waals surface area contributed by atoms with E-state index in [0.29, 0.717) is 18.2 Å². The zero-order valence-electron chi connectivity index (χ0n) is 8.82. The fourth-order valence-corrected chi connectivity index (χ4v) is 2.89. The number of carbonyl (C=O) groups excluding carboxylic acids is 1. The Morgan fingerprint density at radius 2 is 2.13 bits per heavy atom. The molecule has 1 fully saturated rings. The minimum absolute atomic E-state index is 0.270. The Bertz CT molecular complexity index is 312. The molecule has 82 valence electrons. The molecule has 0 saturated heterocycles. The zero-order chi connectivity index (χ0) is 10.7. The summed E-state index contributed by atoms with van der Waals surface area (Å²) in [6, 6.07) is 4.37. The largest absolute Gasteiger partial charge is 0.328 e. The first kappa shape index (κ1) is 10.8. The topological polar surface area (TPSA) is 43.1 Å². The number of carbonyl (C=O) groups is 1. The quantitative estimate of drug-likeness (QED) is 0.855. The predicted octanol–water partition coefficient (Wildman–Crippen LogP) is 2.38. The summed E-state index contributed by atoms with van der Waals surface area (Å²) < 4.78 is 0. The van der Waals surface area contributed by atoms with Gasteiger partial charge in [-0.1, -0.05) is 6.07 Å². The first-order valence-electron chi connectivity index (χ1n) is 5.56. The molecule has 0 atom stereocenters. The highest BCUT2D eigenvalue weighted by atomic mass is 32.1. The van der Waals surface area contributed by atoms with E-state index in [1.165, 1.54) is 4.88 Å². The van der Waals surface area contributed by atoms with Crippen LogP contribution in [0.2, 0.25) is 0 Å². The summed E-state index contributed by atoms with van der Waals surface area (Å²) in [5, 5.41) is 2.03. The summed E-state index contributed by atoms with van der Waals surface area (Å²) in [4.78, 5) is 13.1. The average molecular weight is 223 g/mol. The van der Waals surface area contributed by atoms with E-state index >= 15 is 0 Å². The Kier molecular flexibility index (Phi) is 3.54. The van der Waals surface area contributed by atoms with E-state index < -0.39 is 0 Å². The second-order valence-corrected chi connectivity index (χ2v) is 5.37. The molecular formula is C12H17NOS. The van der Waals surface area contributed by atoms with Crippen molar-refractivity contribution >= 4 is 17.1 Å². The van der Waals surface area contributed by atoms with Crippen molar-refractivity contribution in [1.29, 1.82) is 0 Å². The van der Waals surface area contributed by atoms with Crippen molar-refractivity contribution in [3.8, 4) is 0 Å². The summed E-state index contributed by atoms with van der Waals surface area (Å²) in [6.45, 7) is 0. The SMILES string of the molecule is NC1CCC(C(=O)Cc2cccs2)CC1. The molecule has 1 aromatic heterocycles. The van der Waals surface area contributed by atoms with E-state index in [-0.39, 0.29) is 5.92 Å². The highest BCUT2D eigenvalue weighted by molar-refractivity contribution is 7.10. The minimum Gasteiger partial charge on any atom is -0.328 e. The maximum absolute atomic E-state index is 11.9. The Morgan fingerprint density at radius 1 is 1.40 bits per heavy atom. The van der Waals surface area contributed by atoms with Gasteiger partial charge in [-0.05, 0) is 37.1 Å². The molecule has 2 nitrogen and oxygen atoms in total. The molecule has 0 spiro atoms. The van der Waals surface area contributed by atoms with E-state index in [2.05, 4.69) is 0 Å². The second kappa shape index (κ2) is 4.90. The highest BCUT2D eigenvalue weighted by Gasteiger charge is 2.24. The van der Waals surface area contributed by atoms with Gasteiger partial charge in [0.2, 0.25) is 0 Å². The lowest BCUT2D eigenvalue weighted by molar-refractivity contribution is -0.123. The van der Waals surface area contributed by atoms with Crippen molar-refractivity contribution in [2.45, 2.75) is 38.1 Å². The van der Waals surface area contributed by atoms with Crippen LogP contribution < -0.4 is 5.73 Å². The predicted molar refractivity (Wildman–Crippen MR) is 63.0 cm³/mol. The number of nitrogens with two attached hydrogens (primary N) is 1. The fraction of sp³-hybridized carbons (Fsp3) is 0.583. The van der Waals surface area contributed by atoms with Crippen LogP contribution in [-0.2, 0) is 11.2 Å². The van der Waals surface area contributed by atoms with Gasteiger partial charge in [0.05, 0.1) is 0 Å². The second-order valence-electron chi connectivity index (χ2n) is 4.33. The van der Waals surface area contributed by atoms with Crippen LogP contribution in [0.3, 0.4) is 0 Å². The van der Waals surface area contributed by atoms with Gasteiger partial charge in [0.25, 0.3) is 0 Å². The molecule has 0 bridgehead atoms. The molecule has 1 aromatic rings. The maximum atomic E-state index is 11.9. The summed E-state index contributed by atoms with van der Waals surface area (Å²) in [6.07, 6.45) is 4.63. The molecule has 2 N–H and O–H groups in total. The fourth-order valence-electron chi connectivity index (χ4n) is 2.17. The van der Waals surface area contributed by atoms with Crippen molar-refractivity contribution < 1.29 is 4.79 Å². The van der Waals surface area contributed by atoms with E-state index in [1.807, 2.05) is 17.5 Å². The number of hydrogen-bond donors (Lipinski definition) is 1. The van der Waals surface area contributed by atoms with Crippen molar-refractivity contribution in [1.82, 2.24) is 0 Å². The van der Waals surface area contributed by atoms with Crippen molar-refractivity contribution in [2.75, 3.05) is 0 Å². The van der Waals surface area contributed by atoms with Crippen LogP contribution in [-0.4, -0.2) is 11.8 Å². The molecule has 15 heavy (non-hydrogen) atoms. The van der Waals surface area contributed by atoms with E-state index in [0.717, 1.165) is 25.7 Å². The monoisotopic (exact) mass is 223 g/mol. The molecule has 0 radical (unpaired) electrons. The lowest BCUT2D eigenvalue weighted by Gasteiger charge is -2.24. The van der Waals surface area contributed by atoms with Gasteiger partial charge >= 0.3 is 0 Å². The summed E-state index contributed by atoms with van der Waals surface area (Å²) in [5.74, 6) is 0.677. The molecule has 2 rings (SSSR count). The Labute approximate surface area is 94.5 Å². The average Bonchev–Trinajstić information content (AvgIpc) is 2.71. The summed E-state index contributed by atoms with van der Waals surface area (Å²) in [7, 11) is 0. The zero-order valence-corrected chi connectivity index (χ0v) is 9.63. The number of Topliss-reactive ketones (excluding diaryl/α,β-unsaturated/α-hetero) is 1. The van der Waals surface area contributed by atoms with E-state index in [1.54, 1.807) is 11.3 Å². The maximum Gasteiger partial charge on any atom is 0.141 e. The van der Waals surface area contributed by atoms with Gasteiger partial charge in [-0.15, -0.1) is 11.3 Å². The lowest BCUT2D eigenvalue weighted by atomic mass is 9.83. The van der Waals surface area contributed by atoms with Crippen LogP contribution in [0, 0.1) is 5.92 Å². The highest BCUT2D eigenvalue weighted by Crippen LogP contribution is 2.25. The normalized spacial score (nSPS) is 26.5. The first-order valence-corrected chi connectivity index (χ1v) is 6.44. The van der Waals surface area contributed by atoms with Gasteiger partial charge < -0.3 is 5.73 Å². The molecule has 1 aliphatic rings. The molecule has 3 heteroatoms. The Hall–Kier alpha value is -0.670. The summed E-state index contributed by atoms with van der Waals surface area (Å²) >= 11 is 1.67. The van der Waals surface area contributed by atoms with Crippen LogP contribution in [0.4, 0.5) is 0 Å². The van der Waals surface area contributed by atoms with Gasteiger partial charge in [0.1, 0.15) is 5.78 Å². The van der Waals surface area contributed by atoms with E-state index in [4.69, 9.17) is 5.73 Å². The van der Waals surface area contributed by atoms with Crippen LogP contribution in [0.15, 0.2) is 17.5 Å². The lowest BCUT2D eigenvalue weighted by Crippen LogP contribution is -2.30. The van der Waals surface area contributed by atoms with Crippen LogP contribution >= 0.6 is 11.3 Å².